The van der Waals surface area contributed by atoms with E-state index >= 15 is 0 Å². The molecule has 4 rings (SSSR count). The molecule has 0 aliphatic heterocycles. The Morgan fingerprint density at radius 3 is 2.71 bits per heavy atom. The number of ether oxygens (including phenoxy) is 1. The maximum Gasteiger partial charge on any atom is 0.316 e. The quantitative estimate of drug-likeness (QED) is 0.739. The zero-order valence-electron chi connectivity index (χ0n) is 15.4. The van der Waals surface area contributed by atoms with E-state index in [2.05, 4.69) is 10.3 Å². The van der Waals surface area contributed by atoms with Crippen LogP contribution >= 0.6 is 0 Å². The van der Waals surface area contributed by atoms with E-state index in [1.165, 1.54) is 7.11 Å². The molecule has 0 fully saturated rings. The van der Waals surface area contributed by atoms with E-state index < -0.39 is 5.56 Å². The van der Waals surface area contributed by atoms with Crippen LogP contribution in [0.15, 0.2) is 65.6 Å². The third kappa shape index (κ3) is 3.44. The Balaban J connectivity index is 1.77. The third-order valence-electron chi connectivity index (χ3n) is 4.62. The molecule has 0 amide bonds. The van der Waals surface area contributed by atoms with Crippen molar-refractivity contribution in [2.45, 2.75) is 13.0 Å². The number of nitrogens with one attached hydrogen (secondary N) is 1. The van der Waals surface area contributed by atoms with Crippen LogP contribution in [0.1, 0.15) is 27.9 Å². The Hall–Kier alpha value is -3.67. The second-order valence-corrected chi connectivity index (χ2v) is 6.47. The molecule has 1 N–H and O–H groups in total. The van der Waals surface area contributed by atoms with E-state index in [9.17, 15) is 9.59 Å². The van der Waals surface area contributed by atoms with Crippen LogP contribution in [-0.2, 0) is 6.54 Å². The first-order chi connectivity index (χ1) is 13.7. The van der Waals surface area contributed by atoms with E-state index in [0.29, 0.717) is 24.5 Å². The highest BCUT2D eigenvalue weighted by Gasteiger charge is 2.17. The van der Waals surface area contributed by atoms with E-state index in [1.54, 1.807) is 6.20 Å². The summed E-state index contributed by atoms with van der Waals surface area (Å²) in [5, 5.41) is 3.23. The van der Waals surface area contributed by atoms with Crippen LogP contribution in [0.3, 0.4) is 0 Å². The Morgan fingerprint density at radius 2 is 1.93 bits per heavy atom. The number of methoxy groups -OCH3 is 1. The molecule has 3 aromatic rings. The molecule has 0 atom stereocenters. The first kappa shape index (κ1) is 17.7. The fraction of sp³-hybridized carbons (Fsp3) is 0.136. The van der Waals surface area contributed by atoms with Gasteiger partial charge in [-0.15, -0.1) is 0 Å². The lowest BCUT2D eigenvalue weighted by Gasteiger charge is -2.18. The zero-order valence-corrected chi connectivity index (χ0v) is 15.4. The summed E-state index contributed by atoms with van der Waals surface area (Å²) in [6, 6.07) is 15.4. The molecule has 140 valence electrons. The molecular formula is C22H19N3O3. The highest BCUT2D eigenvalue weighted by molar-refractivity contribution is 6.04. The Kier molecular flexibility index (Phi) is 4.76. The Bertz CT molecular complexity index is 1120. The van der Waals surface area contributed by atoms with Crippen LogP contribution in [0.25, 0.3) is 6.08 Å². The summed E-state index contributed by atoms with van der Waals surface area (Å²) in [6.45, 7) is 0.511. The van der Waals surface area contributed by atoms with Crippen molar-refractivity contribution in [3.8, 4) is 5.75 Å². The van der Waals surface area contributed by atoms with Crippen molar-refractivity contribution in [2.75, 3.05) is 12.4 Å². The maximum atomic E-state index is 12.2. The van der Waals surface area contributed by atoms with Gasteiger partial charge in [0.25, 0.3) is 0 Å². The average Bonchev–Trinajstić information content (AvgIpc) is 2.71. The van der Waals surface area contributed by atoms with E-state index in [4.69, 9.17) is 4.74 Å². The minimum Gasteiger partial charge on any atom is -0.490 e. The molecular weight excluding hydrogens is 354 g/mol. The van der Waals surface area contributed by atoms with Crippen molar-refractivity contribution in [3.05, 3.63) is 87.8 Å². The van der Waals surface area contributed by atoms with Crippen molar-refractivity contribution < 1.29 is 9.53 Å². The lowest BCUT2D eigenvalue weighted by molar-refractivity contribution is 0.0994. The number of carbonyl (C=O) groups excluding carboxylic acids is 1. The number of ketones is 1. The van der Waals surface area contributed by atoms with Gasteiger partial charge in [-0.3, -0.25) is 9.59 Å². The number of allylic oxidation sites excluding steroid dienone is 1. The normalized spacial score (nSPS) is 12.5. The molecule has 2 aromatic carbocycles. The molecule has 1 aromatic heterocycles. The van der Waals surface area contributed by atoms with Gasteiger partial charge in [0.15, 0.2) is 5.78 Å². The summed E-state index contributed by atoms with van der Waals surface area (Å²) >= 11 is 0. The molecule has 0 saturated heterocycles. The fourth-order valence-electron chi connectivity index (χ4n) is 3.22. The molecule has 0 bridgehead atoms. The predicted octanol–water partition coefficient (Wildman–Crippen LogP) is 3.64. The van der Waals surface area contributed by atoms with Gasteiger partial charge in [0.2, 0.25) is 11.7 Å². The largest absolute Gasteiger partial charge is 0.490 e. The Labute approximate surface area is 162 Å². The smallest absolute Gasteiger partial charge is 0.316 e. The molecule has 1 aliphatic rings. The SMILES string of the molecule is COc1cn(Cc2ccccc2)c(Nc2cccc3c2C=CCC3=O)nc1=O. The van der Waals surface area contributed by atoms with Gasteiger partial charge in [0.05, 0.1) is 19.9 Å². The molecule has 6 heteroatoms. The number of carbonyl (C=O) groups is 1. The highest BCUT2D eigenvalue weighted by atomic mass is 16.5. The number of benzene rings is 2. The van der Waals surface area contributed by atoms with Gasteiger partial charge >= 0.3 is 5.56 Å². The monoisotopic (exact) mass is 373 g/mol. The number of hydrogen-bond acceptors (Lipinski definition) is 5. The van der Waals surface area contributed by atoms with Crippen LogP contribution in [0.2, 0.25) is 0 Å². The van der Waals surface area contributed by atoms with Crippen molar-refractivity contribution in [3.63, 3.8) is 0 Å². The third-order valence-corrected chi connectivity index (χ3v) is 4.62. The van der Waals surface area contributed by atoms with E-state index in [-0.39, 0.29) is 11.5 Å². The summed E-state index contributed by atoms with van der Waals surface area (Å²) in [5.74, 6) is 0.631. The average molecular weight is 373 g/mol. The van der Waals surface area contributed by atoms with Gasteiger partial charge in [-0.05, 0) is 11.6 Å². The zero-order chi connectivity index (χ0) is 19.5. The molecule has 0 radical (unpaired) electrons. The summed E-state index contributed by atoms with van der Waals surface area (Å²) in [5.41, 5.74) is 2.79. The van der Waals surface area contributed by atoms with E-state index in [0.717, 1.165) is 16.8 Å². The number of nitrogens with zero attached hydrogens (tertiary/aromatic N) is 2. The molecule has 1 aliphatic carbocycles. The standard InChI is InChI=1S/C22H19N3O3/c1-28-20-14-25(13-15-7-3-2-4-8-15)22(24-21(20)27)23-18-11-5-10-17-16(18)9-6-12-19(17)26/h2-11,14H,12-13H2,1H3,(H,23,24,27). The summed E-state index contributed by atoms with van der Waals surface area (Å²) < 4.78 is 6.98. The lowest BCUT2D eigenvalue weighted by Crippen LogP contribution is -2.19. The van der Waals surface area contributed by atoms with Crippen molar-refractivity contribution >= 4 is 23.5 Å². The van der Waals surface area contributed by atoms with Crippen LogP contribution in [0.5, 0.6) is 5.75 Å². The molecule has 28 heavy (non-hydrogen) atoms. The topological polar surface area (TPSA) is 73.2 Å². The summed E-state index contributed by atoms with van der Waals surface area (Å²) in [7, 11) is 1.45. The van der Waals surface area contributed by atoms with Gasteiger partial charge in [0.1, 0.15) is 0 Å². The molecule has 0 unspecified atom stereocenters. The van der Waals surface area contributed by atoms with Crippen LogP contribution in [-0.4, -0.2) is 22.4 Å². The van der Waals surface area contributed by atoms with Gasteiger partial charge in [-0.1, -0.05) is 54.6 Å². The van der Waals surface area contributed by atoms with Gasteiger partial charge in [-0.25, -0.2) is 0 Å². The number of anilines is 2. The van der Waals surface area contributed by atoms with Crippen LogP contribution in [0, 0.1) is 0 Å². The first-order valence-corrected chi connectivity index (χ1v) is 8.95. The molecule has 0 saturated carbocycles. The molecule has 6 nitrogen and oxygen atoms in total. The Morgan fingerprint density at radius 1 is 1.11 bits per heavy atom. The van der Waals surface area contributed by atoms with Crippen LogP contribution in [0.4, 0.5) is 11.6 Å². The minimum absolute atomic E-state index is 0.0746. The number of aromatic nitrogens is 2. The molecule has 1 heterocycles. The van der Waals surface area contributed by atoms with Crippen molar-refractivity contribution in [1.82, 2.24) is 9.55 Å². The maximum absolute atomic E-state index is 12.2. The fourth-order valence-corrected chi connectivity index (χ4v) is 3.22. The highest BCUT2D eigenvalue weighted by Crippen LogP contribution is 2.28. The molecule has 0 spiro atoms. The van der Waals surface area contributed by atoms with E-state index in [1.807, 2.05) is 65.3 Å². The van der Waals surface area contributed by atoms with Gasteiger partial charge in [0, 0.05) is 23.2 Å². The second-order valence-electron chi connectivity index (χ2n) is 6.47. The van der Waals surface area contributed by atoms with Gasteiger partial charge in [-0.2, -0.15) is 4.98 Å². The van der Waals surface area contributed by atoms with Crippen molar-refractivity contribution in [1.29, 1.82) is 0 Å². The number of rotatable bonds is 5. The minimum atomic E-state index is -0.453. The second kappa shape index (κ2) is 7.52. The number of Topliss-reactive ketones (excluding diaryl/α,β-unsaturated/α-hetero) is 1. The number of fused-ring (bicyclic) bond motifs is 1. The first-order valence-electron chi connectivity index (χ1n) is 8.95. The summed E-state index contributed by atoms with van der Waals surface area (Å²) in [4.78, 5) is 28.6. The van der Waals surface area contributed by atoms with Gasteiger partial charge < -0.3 is 14.6 Å². The van der Waals surface area contributed by atoms with Crippen LogP contribution < -0.4 is 15.6 Å². The van der Waals surface area contributed by atoms with Crippen molar-refractivity contribution in [2.24, 2.45) is 0 Å². The lowest BCUT2D eigenvalue weighted by atomic mass is 9.95. The summed E-state index contributed by atoms with van der Waals surface area (Å²) in [6.07, 6.45) is 5.80. The predicted molar refractivity (Wildman–Crippen MR) is 108 cm³/mol. The number of hydrogen-bond donors (Lipinski definition) is 1.